The summed E-state index contributed by atoms with van der Waals surface area (Å²) in [5.74, 6) is 11.0. The molecule has 4 heteroatoms. The lowest BCUT2D eigenvalue weighted by Gasteiger charge is -2.58. The van der Waals surface area contributed by atoms with E-state index in [1.165, 1.54) is 51.4 Å². The summed E-state index contributed by atoms with van der Waals surface area (Å²) in [6.45, 7) is 12.5. The molecule has 0 radical (unpaired) electrons. The van der Waals surface area contributed by atoms with E-state index in [2.05, 4.69) is 68.5 Å². The van der Waals surface area contributed by atoms with E-state index in [1.807, 2.05) is 48.5 Å². The van der Waals surface area contributed by atoms with E-state index in [0.29, 0.717) is 17.4 Å². The summed E-state index contributed by atoms with van der Waals surface area (Å²) >= 11 is 3.42. The first-order valence-corrected chi connectivity index (χ1v) is 19.7. The van der Waals surface area contributed by atoms with Crippen LogP contribution in [0.2, 0.25) is 0 Å². The number of halogens is 1. The molecule has 6 rings (SSSR count). The van der Waals surface area contributed by atoms with Crippen molar-refractivity contribution in [2.75, 3.05) is 0 Å². The first kappa shape index (κ1) is 35.5. The molecule has 2 aromatic rings. The van der Waals surface area contributed by atoms with Gasteiger partial charge in [0.1, 0.15) is 6.10 Å². The summed E-state index contributed by atoms with van der Waals surface area (Å²) in [7, 11) is 0. The van der Waals surface area contributed by atoms with Crippen molar-refractivity contribution in [3.05, 3.63) is 81.3 Å². The average Bonchev–Trinajstić information content (AvgIpc) is 3.42. The lowest BCUT2D eigenvalue weighted by molar-refractivity contribution is -0.0594. The van der Waals surface area contributed by atoms with Crippen LogP contribution < -0.4 is 0 Å². The summed E-state index contributed by atoms with van der Waals surface area (Å²) < 4.78 is 7.12. The Morgan fingerprint density at radius 2 is 1.71 bits per heavy atom. The van der Waals surface area contributed by atoms with Gasteiger partial charge in [-0.3, -0.25) is 0 Å². The Balaban J connectivity index is 1.03. The van der Waals surface area contributed by atoms with Gasteiger partial charge in [0.2, 0.25) is 0 Å². The minimum absolute atomic E-state index is 0.0515. The molecule has 0 aromatic heterocycles. The highest BCUT2D eigenvalue weighted by molar-refractivity contribution is 9.10. The second-order valence-corrected chi connectivity index (χ2v) is 17.6. The van der Waals surface area contributed by atoms with Crippen LogP contribution in [0.4, 0.5) is 0 Å². The molecule has 3 fully saturated rings. The summed E-state index contributed by atoms with van der Waals surface area (Å²) in [4.78, 5) is 13.2. The molecule has 2 aromatic carbocycles. The highest BCUT2D eigenvalue weighted by Crippen LogP contribution is 2.67. The second kappa shape index (κ2) is 14.9. The molecule has 0 bridgehead atoms. The van der Waals surface area contributed by atoms with Crippen molar-refractivity contribution in [1.82, 2.24) is 0 Å². The van der Waals surface area contributed by atoms with Crippen molar-refractivity contribution < 1.29 is 14.6 Å². The van der Waals surface area contributed by atoms with Crippen LogP contribution in [0.1, 0.15) is 139 Å². The molecule has 0 aliphatic heterocycles. The van der Waals surface area contributed by atoms with Crippen molar-refractivity contribution in [3.63, 3.8) is 0 Å². The number of allylic oxidation sites excluding steroid dienone is 1. The molecule has 1 N–H and O–H groups in total. The van der Waals surface area contributed by atoms with Gasteiger partial charge < -0.3 is 9.84 Å². The molecular formula is C44H57BrO3. The predicted molar refractivity (Wildman–Crippen MR) is 199 cm³/mol. The van der Waals surface area contributed by atoms with E-state index >= 15 is 0 Å². The van der Waals surface area contributed by atoms with Crippen molar-refractivity contribution >= 4 is 21.9 Å². The number of aliphatic hydroxyl groups excluding tert-OH is 1. The van der Waals surface area contributed by atoms with Gasteiger partial charge in [-0.1, -0.05) is 105 Å². The third-order valence-electron chi connectivity index (χ3n) is 13.4. The van der Waals surface area contributed by atoms with Crippen molar-refractivity contribution in [2.24, 2.45) is 46.3 Å². The van der Waals surface area contributed by atoms with Crippen LogP contribution in [-0.4, -0.2) is 17.2 Å². The van der Waals surface area contributed by atoms with E-state index in [1.54, 1.807) is 5.57 Å². The Morgan fingerprint density at radius 3 is 2.44 bits per heavy atom. The number of carbonyl (C=O) groups is 1. The number of hydrogen-bond acceptors (Lipinski definition) is 3. The van der Waals surface area contributed by atoms with E-state index < -0.39 is 6.10 Å². The molecule has 48 heavy (non-hydrogen) atoms. The van der Waals surface area contributed by atoms with Crippen LogP contribution in [0.5, 0.6) is 0 Å². The number of fused-ring (bicyclic) bond motifs is 5. The Bertz CT molecular complexity index is 1510. The Kier molecular flexibility index (Phi) is 11.0. The molecule has 0 saturated heterocycles. The zero-order chi connectivity index (χ0) is 34.1. The van der Waals surface area contributed by atoms with Crippen LogP contribution >= 0.6 is 15.9 Å². The number of aliphatic hydroxyl groups is 1. The summed E-state index contributed by atoms with van der Waals surface area (Å²) in [5, 5.41) is 10.4. The number of ether oxygens (including phenoxy) is 1. The Hall–Kier alpha value is -2.35. The van der Waals surface area contributed by atoms with E-state index in [4.69, 9.17) is 4.74 Å². The largest absolute Gasteiger partial charge is 0.458 e. The zero-order valence-corrected chi connectivity index (χ0v) is 31.5. The fraction of sp³-hybridized carbons (Fsp3) is 0.614. The van der Waals surface area contributed by atoms with Gasteiger partial charge in [0.15, 0.2) is 0 Å². The number of carbonyl (C=O) groups excluding carboxylic acids is 1. The van der Waals surface area contributed by atoms with Crippen LogP contribution in [0, 0.1) is 58.2 Å². The Morgan fingerprint density at radius 1 is 0.958 bits per heavy atom. The fourth-order valence-corrected chi connectivity index (χ4v) is 11.0. The minimum atomic E-state index is -0.631. The van der Waals surface area contributed by atoms with Gasteiger partial charge in [-0.15, -0.1) is 0 Å². The molecule has 9 atom stereocenters. The SMILES string of the molecule is CC(C)CCC[C@@H](C)[C@H]1CC[C@H]2[C@@H]3CC=C4C[C@@H](OC(=O)c5ccc(C#CC[C@@H](O)c6ccc(Br)cc6)cc5)CC[C@]4(C)[C@H]3CC[C@]12C. The highest BCUT2D eigenvalue weighted by atomic mass is 79.9. The molecule has 0 spiro atoms. The molecule has 258 valence electrons. The van der Waals surface area contributed by atoms with Gasteiger partial charge in [0.25, 0.3) is 0 Å². The lowest BCUT2D eigenvalue weighted by Crippen LogP contribution is -2.51. The van der Waals surface area contributed by atoms with Crippen LogP contribution in [0.25, 0.3) is 0 Å². The molecular weight excluding hydrogens is 656 g/mol. The zero-order valence-electron chi connectivity index (χ0n) is 29.9. The molecule has 0 unspecified atom stereocenters. The molecule has 3 saturated carbocycles. The van der Waals surface area contributed by atoms with Crippen LogP contribution in [0.15, 0.2) is 64.7 Å². The molecule has 0 heterocycles. The monoisotopic (exact) mass is 712 g/mol. The quantitative estimate of drug-likeness (QED) is 0.160. The summed E-state index contributed by atoms with van der Waals surface area (Å²) in [6.07, 6.45) is 16.2. The standard InChI is InChI=1S/C44H57BrO3/c1-29(2)8-6-9-30(3)38-22-23-39-37-21-18-34-28-36(24-26-43(34,4)40(37)25-27-44(38,39)5)48-42(47)33-14-12-31(13-15-33)10-7-11-41(46)32-16-19-35(45)20-17-32/h12-20,29-30,36-41,46H,6,8-9,11,21-28H2,1-5H3/t30-,36+,37+,38-,39+,40+,41-,43+,44-/m1/s1. The van der Waals surface area contributed by atoms with Crippen molar-refractivity contribution in [1.29, 1.82) is 0 Å². The first-order valence-electron chi connectivity index (χ1n) is 18.9. The predicted octanol–water partition coefficient (Wildman–Crippen LogP) is 11.5. The van der Waals surface area contributed by atoms with Gasteiger partial charge in [0.05, 0.1) is 11.7 Å². The van der Waals surface area contributed by atoms with Gasteiger partial charge >= 0.3 is 5.97 Å². The molecule has 0 amide bonds. The summed E-state index contributed by atoms with van der Waals surface area (Å²) in [6, 6.07) is 15.0. The fourth-order valence-electron chi connectivity index (χ4n) is 10.7. The topological polar surface area (TPSA) is 46.5 Å². The van der Waals surface area contributed by atoms with Crippen LogP contribution in [-0.2, 0) is 4.74 Å². The van der Waals surface area contributed by atoms with E-state index in [-0.39, 0.29) is 17.5 Å². The maximum Gasteiger partial charge on any atom is 0.338 e. The highest BCUT2D eigenvalue weighted by Gasteiger charge is 2.59. The number of rotatable bonds is 9. The van der Waals surface area contributed by atoms with E-state index in [9.17, 15) is 9.90 Å². The molecule has 3 nitrogen and oxygen atoms in total. The Labute approximate surface area is 298 Å². The first-order chi connectivity index (χ1) is 23.0. The van der Waals surface area contributed by atoms with Gasteiger partial charge in [-0.2, -0.15) is 0 Å². The van der Waals surface area contributed by atoms with Crippen molar-refractivity contribution in [3.8, 4) is 11.8 Å². The van der Waals surface area contributed by atoms with Gasteiger partial charge in [0, 0.05) is 22.9 Å². The van der Waals surface area contributed by atoms with Gasteiger partial charge in [-0.05, 0) is 133 Å². The normalized spacial score (nSPS) is 32.2. The smallest absolute Gasteiger partial charge is 0.338 e. The van der Waals surface area contributed by atoms with Gasteiger partial charge in [-0.25, -0.2) is 4.79 Å². The third-order valence-corrected chi connectivity index (χ3v) is 14.0. The maximum absolute atomic E-state index is 13.2. The van der Waals surface area contributed by atoms with Crippen molar-refractivity contribution in [2.45, 2.75) is 124 Å². The second-order valence-electron chi connectivity index (χ2n) is 16.7. The third kappa shape index (κ3) is 7.39. The van der Waals surface area contributed by atoms with E-state index in [0.717, 1.165) is 70.4 Å². The number of hydrogen-bond donors (Lipinski definition) is 1. The molecule has 4 aliphatic rings. The lowest BCUT2D eigenvalue weighted by atomic mass is 9.47. The average molecular weight is 714 g/mol. The maximum atomic E-state index is 13.2. The number of benzene rings is 2. The summed E-state index contributed by atoms with van der Waals surface area (Å²) in [5.41, 5.74) is 4.56. The number of esters is 1. The van der Waals surface area contributed by atoms with Crippen LogP contribution in [0.3, 0.4) is 0 Å². The minimum Gasteiger partial charge on any atom is -0.458 e. The molecule has 4 aliphatic carbocycles.